The van der Waals surface area contributed by atoms with Crippen LogP contribution in [0, 0.1) is 0 Å². The van der Waals surface area contributed by atoms with Crippen LogP contribution < -0.4 is 0 Å². The van der Waals surface area contributed by atoms with Crippen LogP contribution in [0.15, 0.2) is 55.0 Å². The van der Waals surface area contributed by atoms with Crippen LogP contribution in [-0.4, -0.2) is 26.4 Å². The highest BCUT2D eigenvalue weighted by molar-refractivity contribution is 6.31. The molecule has 0 bridgehead atoms. The first kappa shape index (κ1) is 15.2. The Morgan fingerprint density at radius 1 is 1.08 bits per heavy atom. The number of hydrogen-bond acceptors (Lipinski definition) is 4. The molecule has 0 spiro atoms. The molecule has 24 heavy (non-hydrogen) atoms. The summed E-state index contributed by atoms with van der Waals surface area (Å²) >= 11 is 6.24. The van der Waals surface area contributed by atoms with Crippen LogP contribution in [-0.2, 0) is 19.5 Å². The SMILES string of the molecule is Clc1ccncc1CN1CCc2nc(-c3ccccc3)ncc2C1. The highest BCUT2D eigenvalue weighted by Gasteiger charge is 2.19. The number of aromatic nitrogens is 3. The third kappa shape index (κ3) is 3.16. The van der Waals surface area contributed by atoms with Crippen molar-refractivity contribution in [2.24, 2.45) is 0 Å². The summed E-state index contributed by atoms with van der Waals surface area (Å²) in [5.41, 5.74) is 4.47. The summed E-state index contributed by atoms with van der Waals surface area (Å²) in [4.78, 5) is 15.8. The summed E-state index contributed by atoms with van der Waals surface area (Å²) in [6, 6.07) is 11.9. The zero-order valence-electron chi connectivity index (χ0n) is 13.2. The largest absolute Gasteiger partial charge is 0.294 e. The van der Waals surface area contributed by atoms with E-state index in [9.17, 15) is 0 Å². The molecule has 2 aromatic heterocycles. The van der Waals surface area contributed by atoms with E-state index in [1.54, 1.807) is 6.20 Å². The fraction of sp³-hybridized carbons (Fsp3) is 0.211. The van der Waals surface area contributed by atoms with E-state index in [0.717, 1.165) is 53.7 Å². The fourth-order valence-electron chi connectivity index (χ4n) is 3.00. The molecule has 0 saturated carbocycles. The first-order valence-corrected chi connectivity index (χ1v) is 8.38. The fourth-order valence-corrected chi connectivity index (χ4v) is 3.17. The van der Waals surface area contributed by atoms with E-state index in [2.05, 4.69) is 14.9 Å². The van der Waals surface area contributed by atoms with Crippen molar-refractivity contribution in [3.8, 4) is 11.4 Å². The first-order valence-electron chi connectivity index (χ1n) is 8.00. The molecule has 0 atom stereocenters. The number of rotatable bonds is 3. The Morgan fingerprint density at radius 2 is 1.96 bits per heavy atom. The van der Waals surface area contributed by atoms with Crippen molar-refractivity contribution in [3.05, 3.63) is 76.8 Å². The van der Waals surface area contributed by atoms with Gasteiger partial charge in [0.2, 0.25) is 0 Å². The lowest BCUT2D eigenvalue weighted by Gasteiger charge is -2.28. The minimum Gasteiger partial charge on any atom is -0.294 e. The summed E-state index contributed by atoms with van der Waals surface area (Å²) in [5, 5.41) is 0.770. The van der Waals surface area contributed by atoms with Gasteiger partial charge in [-0.25, -0.2) is 9.97 Å². The standard InChI is InChI=1S/C19H17ClN4/c20-17-6-8-21-10-15(17)12-24-9-7-18-16(13-24)11-22-19(23-18)14-4-2-1-3-5-14/h1-6,8,10-11H,7,9,12-13H2. The van der Waals surface area contributed by atoms with Gasteiger partial charge in [-0.2, -0.15) is 0 Å². The number of nitrogens with zero attached hydrogens (tertiary/aromatic N) is 4. The zero-order valence-corrected chi connectivity index (χ0v) is 13.9. The molecule has 1 aliphatic rings. The van der Waals surface area contributed by atoms with E-state index < -0.39 is 0 Å². The summed E-state index contributed by atoms with van der Waals surface area (Å²) in [5.74, 6) is 0.804. The Hall–Kier alpha value is -2.30. The summed E-state index contributed by atoms with van der Waals surface area (Å²) in [6.45, 7) is 2.60. The van der Waals surface area contributed by atoms with Gasteiger partial charge in [-0.15, -0.1) is 0 Å². The van der Waals surface area contributed by atoms with Gasteiger partial charge < -0.3 is 0 Å². The van der Waals surface area contributed by atoms with Gasteiger partial charge >= 0.3 is 0 Å². The van der Waals surface area contributed by atoms with Crippen molar-refractivity contribution < 1.29 is 0 Å². The molecule has 120 valence electrons. The quantitative estimate of drug-likeness (QED) is 0.730. The molecule has 0 fully saturated rings. The number of fused-ring (bicyclic) bond motifs is 1. The number of halogens is 1. The summed E-state index contributed by atoms with van der Waals surface area (Å²) in [6.07, 6.45) is 6.44. The normalized spacial score (nSPS) is 14.4. The van der Waals surface area contributed by atoms with Gasteiger partial charge in [0, 0.05) is 66.4 Å². The lowest BCUT2D eigenvalue weighted by molar-refractivity contribution is 0.243. The lowest BCUT2D eigenvalue weighted by Crippen LogP contribution is -2.31. The molecule has 4 nitrogen and oxygen atoms in total. The second-order valence-electron chi connectivity index (χ2n) is 5.96. The Bertz CT molecular complexity index is 851. The molecule has 0 saturated heterocycles. The maximum absolute atomic E-state index is 6.24. The van der Waals surface area contributed by atoms with Crippen molar-refractivity contribution in [2.75, 3.05) is 6.54 Å². The van der Waals surface area contributed by atoms with Crippen molar-refractivity contribution in [1.82, 2.24) is 19.9 Å². The Morgan fingerprint density at radius 3 is 2.79 bits per heavy atom. The van der Waals surface area contributed by atoms with Crippen LogP contribution in [0.4, 0.5) is 0 Å². The Balaban J connectivity index is 1.53. The van der Waals surface area contributed by atoms with E-state index in [1.807, 2.05) is 48.8 Å². The van der Waals surface area contributed by atoms with Gasteiger partial charge in [-0.05, 0) is 6.07 Å². The van der Waals surface area contributed by atoms with E-state index in [0.29, 0.717) is 0 Å². The minimum atomic E-state index is 0.770. The van der Waals surface area contributed by atoms with Gasteiger partial charge in [0.1, 0.15) is 0 Å². The molecule has 0 aliphatic carbocycles. The van der Waals surface area contributed by atoms with E-state index in [1.165, 1.54) is 5.56 Å². The Kier molecular flexibility index (Phi) is 4.24. The van der Waals surface area contributed by atoms with Gasteiger partial charge in [0.15, 0.2) is 5.82 Å². The minimum absolute atomic E-state index is 0.770. The van der Waals surface area contributed by atoms with Gasteiger partial charge in [-0.1, -0.05) is 41.9 Å². The molecule has 1 aromatic carbocycles. The molecule has 3 heterocycles. The summed E-state index contributed by atoms with van der Waals surface area (Å²) < 4.78 is 0. The third-order valence-electron chi connectivity index (χ3n) is 4.28. The highest BCUT2D eigenvalue weighted by Crippen LogP contribution is 2.23. The summed E-state index contributed by atoms with van der Waals surface area (Å²) in [7, 11) is 0. The van der Waals surface area contributed by atoms with Gasteiger partial charge in [-0.3, -0.25) is 9.88 Å². The molecule has 0 amide bonds. The van der Waals surface area contributed by atoms with Gasteiger partial charge in [0.05, 0.1) is 5.69 Å². The number of pyridine rings is 1. The second-order valence-corrected chi connectivity index (χ2v) is 6.37. The average Bonchev–Trinajstić information content (AvgIpc) is 2.64. The topological polar surface area (TPSA) is 41.9 Å². The highest BCUT2D eigenvalue weighted by atomic mass is 35.5. The van der Waals surface area contributed by atoms with Crippen molar-refractivity contribution in [1.29, 1.82) is 0 Å². The van der Waals surface area contributed by atoms with Crippen LogP contribution in [0.25, 0.3) is 11.4 Å². The maximum atomic E-state index is 6.24. The predicted octanol–water partition coefficient (Wildman–Crippen LogP) is 3.75. The van der Waals surface area contributed by atoms with Crippen LogP contribution >= 0.6 is 11.6 Å². The van der Waals surface area contributed by atoms with Crippen LogP contribution in [0.1, 0.15) is 16.8 Å². The average molecular weight is 337 g/mol. The second kappa shape index (κ2) is 6.67. The smallest absolute Gasteiger partial charge is 0.159 e. The molecule has 0 unspecified atom stereocenters. The molecule has 5 heteroatoms. The number of benzene rings is 1. The predicted molar refractivity (Wildman–Crippen MR) is 94.5 cm³/mol. The van der Waals surface area contributed by atoms with Crippen LogP contribution in [0.5, 0.6) is 0 Å². The molecule has 0 N–H and O–H groups in total. The van der Waals surface area contributed by atoms with Crippen LogP contribution in [0.3, 0.4) is 0 Å². The molecule has 1 aliphatic heterocycles. The number of hydrogen-bond donors (Lipinski definition) is 0. The van der Waals surface area contributed by atoms with Crippen LogP contribution in [0.2, 0.25) is 5.02 Å². The van der Waals surface area contributed by atoms with E-state index >= 15 is 0 Å². The van der Waals surface area contributed by atoms with E-state index in [-0.39, 0.29) is 0 Å². The molecular formula is C19H17ClN4. The zero-order chi connectivity index (χ0) is 16.4. The van der Waals surface area contributed by atoms with E-state index in [4.69, 9.17) is 16.6 Å². The monoisotopic (exact) mass is 336 g/mol. The third-order valence-corrected chi connectivity index (χ3v) is 4.65. The molecule has 0 radical (unpaired) electrons. The Labute approximate surface area is 146 Å². The first-order chi connectivity index (χ1) is 11.8. The maximum Gasteiger partial charge on any atom is 0.159 e. The van der Waals surface area contributed by atoms with Crippen molar-refractivity contribution in [2.45, 2.75) is 19.5 Å². The lowest BCUT2D eigenvalue weighted by atomic mass is 10.1. The van der Waals surface area contributed by atoms with Crippen molar-refractivity contribution in [3.63, 3.8) is 0 Å². The molecule has 4 rings (SSSR count). The van der Waals surface area contributed by atoms with Gasteiger partial charge in [0.25, 0.3) is 0 Å². The van der Waals surface area contributed by atoms with Crippen molar-refractivity contribution >= 4 is 11.6 Å². The molecular weight excluding hydrogens is 320 g/mol. The molecule has 3 aromatic rings.